The zero-order valence-electron chi connectivity index (χ0n) is 67.9. The summed E-state index contributed by atoms with van der Waals surface area (Å²) in [4.78, 5) is 54.5. The van der Waals surface area contributed by atoms with Crippen molar-refractivity contribution < 1.29 is 58.4 Å². The van der Waals surface area contributed by atoms with Crippen LogP contribution in [0.15, 0.2) is 288 Å². The minimum Gasteiger partial charge on any atom is -0.508 e. The van der Waals surface area contributed by atoms with Crippen LogP contribution >= 0.6 is 0 Å². The third-order valence-corrected chi connectivity index (χ3v) is 22.8. The second-order valence-corrected chi connectivity index (χ2v) is 30.7. The van der Waals surface area contributed by atoms with Crippen molar-refractivity contribution >= 4 is 97.7 Å². The molecule has 2 fully saturated rings. The smallest absolute Gasteiger partial charge is 0.320 e. The third-order valence-electron chi connectivity index (χ3n) is 22.8. The third kappa shape index (κ3) is 15.5. The largest absolute Gasteiger partial charge is 0.508 e. The van der Waals surface area contributed by atoms with Crippen LogP contribution in [-0.4, -0.2) is 117 Å². The zero-order chi connectivity index (χ0) is 85.5. The van der Waals surface area contributed by atoms with Crippen LogP contribution in [0.25, 0.3) is 189 Å². The van der Waals surface area contributed by atoms with Gasteiger partial charge in [-0.3, -0.25) is 0 Å². The molecule has 0 saturated heterocycles. The number of phenols is 6. The lowest BCUT2D eigenvalue weighted by Crippen LogP contribution is -2.14. The molecule has 0 unspecified atom stereocenters. The molecule has 2 aliphatic rings. The summed E-state index contributed by atoms with van der Waals surface area (Å²) >= 11 is 0. The topological polar surface area (TPSA) is 339 Å². The van der Waals surface area contributed by atoms with Gasteiger partial charge in [-0.2, -0.15) is 39.9 Å². The number of rotatable bonds is 14. The molecule has 6 heterocycles. The summed E-state index contributed by atoms with van der Waals surface area (Å²) in [6.07, 6.45) is 8.55. The normalized spacial score (nSPS) is 12.9. The van der Waals surface area contributed by atoms with E-state index in [-0.39, 0.29) is 70.7 Å². The number of benzene rings is 15. The lowest BCUT2D eigenvalue weighted by molar-refractivity contribution is 0.192. The Morgan fingerprint density at radius 2 is 0.627 bits per heavy atom. The number of aromatic hydroxyl groups is 6. The Balaban J connectivity index is 0.000000107. The quantitative estimate of drug-likeness (QED) is 0.0551. The fourth-order valence-electron chi connectivity index (χ4n) is 16.6. The lowest BCUT2D eigenvalue weighted by atomic mass is 9.92. The maximum atomic E-state index is 10.5. The molecule has 15 aromatic carbocycles. The van der Waals surface area contributed by atoms with Crippen molar-refractivity contribution in [1.82, 2.24) is 59.8 Å². The number of aromatic nitrogens is 12. The standard InChI is InChI=1S/C30H23N3O3.C28H23N3O3.2C22H15N3O3/c34-20-12-15-24(25(35)16-20)29-31-28(32-30(33-29)36-21-6-1-2-7-21)23-14-11-19-9-8-17-4-3-5-18-10-13-22(23)27(19)26(17)18;32-18-13-14-23(25(33)16-18)26-29-27(31-28(30-26)34-19-8-2-3-9-19)24-15-17-7-1-4-10-20(17)21-11-5-6-12-22(21)24;1-27-22-24-20(23-21(25-22)16-7-2-4-8-17(16)26)13-10-11-15-14-6-3-5-9-18(14)28-19(15)12-13;1-27-22-24-20(23-21(25-22)15-7-2-4-8-17(15)26)13-10-11-19-16(12-13)14-6-3-5-9-18(14)28-19/h3-5,8-16,21,34-35H,1-2,6-7H2;1,4-7,10-16,19,32-33H,2-3,8-9H2;2*2-12,26H,1H3. The van der Waals surface area contributed by atoms with E-state index in [9.17, 15) is 30.6 Å². The molecule has 6 N–H and O–H groups in total. The predicted octanol–water partition coefficient (Wildman–Crippen LogP) is 22.7. The molecule has 0 spiro atoms. The van der Waals surface area contributed by atoms with Crippen molar-refractivity contribution in [1.29, 1.82) is 0 Å². The van der Waals surface area contributed by atoms with Gasteiger partial charge in [-0.25, -0.2) is 19.9 Å². The van der Waals surface area contributed by atoms with E-state index in [0.717, 1.165) is 150 Å². The summed E-state index contributed by atoms with van der Waals surface area (Å²) in [7, 11) is 3.00. The molecule has 0 amide bonds. The van der Waals surface area contributed by atoms with E-state index in [1.807, 2.05) is 127 Å². The summed E-state index contributed by atoms with van der Waals surface area (Å²) < 4.78 is 34.7. The zero-order valence-corrected chi connectivity index (χ0v) is 67.9. The van der Waals surface area contributed by atoms with Crippen molar-refractivity contribution in [3.8, 4) is 150 Å². The molecule has 24 nitrogen and oxygen atoms in total. The number of furan rings is 2. The highest BCUT2D eigenvalue weighted by Gasteiger charge is 2.27. The highest BCUT2D eigenvalue weighted by molar-refractivity contribution is 6.25. The van der Waals surface area contributed by atoms with Gasteiger partial charge in [0.05, 0.1) is 36.5 Å². The Morgan fingerprint density at radius 3 is 1.18 bits per heavy atom. The van der Waals surface area contributed by atoms with Gasteiger partial charge in [-0.1, -0.05) is 164 Å². The monoisotopic (exact) mass is 1660 g/mol. The average molecular weight is 1660 g/mol. The number of para-hydroxylation sites is 4. The van der Waals surface area contributed by atoms with Crippen LogP contribution in [0.3, 0.4) is 0 Å². The van der Waals surface area contributed by atoms with Gasteiger partial charge in [0.25, 0.3) is 0 Å². The van der Waals surface area contributed by atoms with Crippen molar-refractivity contribution in [3.63, 3.8) is 0 Å². The Kier molecular flexibility index (Phi) is 20.7. The summed E-state index contributed by atoms with van der Waals surface area (Å²) in [5.74, 6) is 3.06. The molecule has 6 aromatic heterocycles. The number of hydrogen-bond donors (Lipinski definition) is 6. The molecule has 0 aliphatic heterocycles. The molecule has 0 bridgehead atoms. The molecule has 2 aliphatic carbocycles. The fraction of sp³-hybridized carbons (Fsp3) is 0.118. The first-order valence-electron chi connectivity index (χ1n) is 41.2. The van der Waals surface area contributed by atoms with E-state index in [0.29, 0.717) is 68.8 Å². The molecule has 23 rings (SSSR count). The number of nitrogens with zero attached hydrogens (tertiary/aromatic N) is 12. The molecule has 24 heteroatoms. The molecule has 126 heavy (non-hydrogen) atoms. The molecular weight excluding hydrogens is 1590 g/mol. The maximum absolute atomic E-state index is 10.5. The van der Waals surface area contributed by atoms with E-state index in [2.05, 4.69) is 119 Å². The van der Waals surface area contributed by atoms with Gasteiger partial charge in [0.15, 0.2) is 46.6 Å². The molecule has 616 valence electrons. The van der Waals surface area contributed by atoms with Gasteiger partial charge in [0.1, 0.15) is 69.0 Å². The van der Waals surface area contributed by atoms with Gasteiger partial charge in [0.2, 0.25) is 0 Å². The van der Waals surface area contributed by atoms with E-state index >= 15 is 0 Å². The first-order chi connectivity index (χ1) is 61.7. The van der Waals surface area contributed by atoms with E-state index in [4.69, 9.17) is 47.7 Å². The summed E-state index contributed by atoms with van der Waals surface area (Å²) in [6, 6.07) is 88.4. The highest BCUT2D eigenvalue weighted by Crippen LogP contribution is 2.44. The van der Waals surface area contributed by atoms with E-state index < -0.39 is 0 Å². The summed E-state index contributed by atoms with van der Waals surface area (Å²) in [5, 5.41) is 76.4. The van der Waals surface area contributed by atoms with Crippen LogP contribution < -0.4 is 18.9 Å². The molecule has 0 atom stereocenters. The van der Waals surface area contributed by atoms with E-state index in [1.54, 1.807) is 48.5 Å². The number of phenolic OH excluding ortho intramolecular Hbond substituents is 6. The van der Waals surface area contributed by atoms with Crippen LogP contribution in [0.2, 0.25) is 0 Å². The van der Waals surface area contributed by atoms with Gasteiger partial charge in [-0.05, 0) is 208 Å². The maximum Gasteiger partial charge on any atom is 0.320 e. The molecule has 21 aromatic rings. The minimum absolute atomic E-state index is 0.0280. The Hall–Kier alpha value is -16.5. The summed E-state index contributed by atoms with van der Waals surface area (Å²) in [5.41, 5.74) is 8.36. The number of ether oxygens (including phenoxy) is 4. The van der Waals surface area contributed by atoms with Crippen molar-refractivity contribution in [3.05, 3.63) is 279 Å². The van der Waals surface area contributed by atoms with Crippen LogP contribution in [0.5, 0.6) is 58.5 Å². The Morgan fingerprint density at radius 1 is 0.246 bits per heavy atom. The van der Waals surface area contributed by atoms with Crippen molar-refractivity contribution in [2.24, 2.45) is 0 Å². The first-order valence-corrected chi connectivity index (χ1v) is 41.2. The van der Waals surface area contributed by atoms with Gasteiger partial charge in [-0.15, -0.1) is 0 Å². The number of methoxy groups -OCH3 is 2. The lowest BCUT2D eigenvalue weighted by Gasteiger charge is -2.16. The highest BCUT2D eigenvalue weighted by atomic mass is 16.5. The molecule has 2 saturated carbocycles. The second-order valence-electron chi connectivity index (χ2n) is 30.7. The fourth-order valence-corrected chi connectivity index (χ4v) is 16.6. The van der Waals surface area contributed by atoms with Crippen molar-refractivity contribution in [2.45, 2.75) is 63.6 Å². The van der Waals surface area contributed by atoms with Crippen LogP contribution in [0.1, 0.15) is 51.4 Å². The van der Waals surface area contributed by atoms with E-state index in [1.165, 1.54) is 60.0 Å². The second kappa shape index (κ2) is 33.5. The van der Waals surface area contributed by atoms with Gasteiger partial charge in [0, 0.05) is 55.9 Å². The van der Waals surface area contributed by atoms with Gasteiger partial charge < -0.3 is 58.4 Å². The van der Waals surface area contributed by atoms with Crippen LogP contribution in [0.4, 0.5) is 0 Å². The SMILES string of the molecule is COc1nc(-c2ccc3c(c2)oc2ccccc23)nc(-c2ccccc2O)n1.COc1nc(-c2ccc3oc4ccccc4c3c2)nc(-c2ccccc2O)n1.Oc1ccc(-c2nc(OC3CCCC3)nc(-c3cc4ccccc4c4ccccc34)n2)c(O)c1.Oc1ccc(-c2nc(OC3CCCC3)nc(-c3ccc4ccc5cccc6ccc3c4c56)n2)c(O)c1. The molecular formula is C102H76N12O12. The number of fused-ring (bicyclic) bond motifs is 9. The Bertz CT molecular complexity index is 7730. The van der Waals surface area contributed by atoms with Crippen LogP contribution in [0, 0.1) is 0 Å². The van der Waals surface area contributed by atoms with Crippen molar-refractivity contribution in [2.75, 3.05) is 14.2 Å². The molecule has 0 radical (unpaired) electrons. The van der Waals surface area contributed by atoms with Gasteiger partial charge >= 0.3 is 24.0 Å². The minimum atomic E-state index is -0.104. The average Bonchev–Trinajstić information content (AvgIpc) is 1.07. The van der Waals surface area contributed by atoms with Crippen LogP contribution in [-0.2, 0) is 0 Å². The summed E-state index contributed by atoms with van der Waals surface area (Å²) in [6.45, 7) is 0. The number of hydrogen-bond acceptors (Lipinski definition) is 24. The first kappa shape index (κ1) is 78.1. The Labute approximate surface area is 718 Å². The predicted molar refractivity (Wildman–Crippen MR) is 485 cm³/mol.